The van der Waals surface area contributed by atoms with Gasteiger partial charge in [0.1, 0.15) is 11.9 Å². The van der Waals surface area contributed by atoms with Crippen molar-refractivity contribution >= 4 is 12.4 Å². The van der Waals surface area contributed by atoms with Crippen LogP contribution in [0.1, 0.15) is 53.4 Å². The van der Waals surface area contributed by atoms with E-state index in [2.05, 4.69) is 5.32 Å². The van der Waals surface area contributed by atoms with Gasteiger partial charge in [-0.1, -0.05) is 19.8 Å². The van der Waals surface area contributed by atoms with Gasteiger partial charge in [-0.25, -0.2) is 4.79 Å². The van der Waals surface area contributed by atoms with Gasteiger partial charge in [-0.05, 0) is 33.6 Å². The second-order valence-electron chi connectivity index (χ2n) is 5.39. The normalized spacial score (nSPS) is 12.9. The predicted molar refractivity (Wildman–Crippen MR) is 67.9 cm³/mol. The van der Waals surface area contributed by atoms with Crippen molar-refractivity contribution < 1.29 is 14.3 Å². The number of carbonyl (C=O) groups excluding carboxylic acids is 2. The molecule has 0 radical (unpaired) electrons. The molecular formula is C13H25NO3. The van der Waals surface area contributed by atoms with Gasteiger partial charge in [-0.15, -0.1) is 0 Å². The summed E-state index contributed by atoms with van der Waals surface area (Å²) < 4.78 is 5.10. The van der Waals surface area contributed by atoms with Crippen LogP contribution in [0.4, 0.5) is 4.79 Å². The summed E-state index contributed by atoms with van der Waals surface area (Å²) in [7, 11) is 0. The van der Waals surface area contributed by atoms with E-state index in [1.54, 1.807) is 0 Å². The predicted octanol–water partition coefficient (Wildman–Crippen LogP) is 2.91. The number of hydrogen-bond donors (Lipinski definition) is 1. The van der Waals surface area contributed by atoms with E-state index < -0.39 is 5.60 Å². The lowest BCUT2D eigenvalue weighted by atomic mass is 10.1. The maximum Gasteiger partial charge on any atom is 0.407 e. The third kappa shape index (κ3) is 11.2. The van der Waals surface area contributed by atoms with Gasteiger partial charge in [-0.2, -0.15) is 0 Å². The molecule has 4 heteroatoms. The quantitative estimate of drug-likeness (QED) is 0.552. The van der Waals surface area contributed by atoms with Crippen molar-refractivity contribution in [1.82, 2.24) is 5.32 Å². The van der Waals surface area contributed by atoms with E-state index in [4.69, 9.17) is 4.74 Å². The number of ether oxygens (including phenoxy) is 1. The molecule has 4 nitrogen and oxygen atoms in total. The Labute approximate surface area is 104 Å². The molecule has 0 saturated heterocycles. The van der Waals surface area contributed by atoms with Crippen molar-refractivity contribution in [3.63, 3.8) is 0 Å². The average molecular weight is 243 g/mol. The summed E-state index contributed by atoms with van der Waals surface area (Å²) in [6.45, 7) is 8.07. The number of aldehydes is 1. The van der Waals surface area contributed by atoms with E-state index in [1.165, 1.54) is 0 Å². The Hall–Kier alpha value is -1.06. The molecule has 1 N–H and O–H groups in total. The molecule has 0 saturated carbocycles. The Morgan fingerprint density at radius 3 is 2.47 bits per heavy atom. The van der Waals surface area contributed by atoms with E-state index in [0.717, 1.165) is 32.0 Å². The fourth-order valence-corrected chi connectivity index (χ4v) is 1.34. The SMILES string of the molecule is CC(C=O)CCCCCNC(=O)OC(C)(C)C. The molecule has 0 aromatic carbocycles. The van der Waals surface area contributed by atoms with Crippen LogP contribution in [-0.2, 0) is 9.53 Å². The first kappa shape index (κ1) is 15.9. The average Bonchev–Trinajstić information content (AvgIpc) is 2.20. The highest BCUT2D eigenvalue weighted by molar-refractivity contribution is 5.67. The van der Waals surface area contributed by atoms with Gasteiger partial charge in [0.15, 0.2) is 0 Å². The summed E-state index contributed by atoms with van der Waals surface area (Å²) in [6, 6.07) is 0. The second-order valence-corrected chi connectivity index (χ2v) is 5.39. The number of unbranched alkanes of at least 4 members (excludes halogenated alkanes) is 2. The van der Waals surface area contributed by atoms with Crippen molar-refractivity contribution in [2.75, 3.05) is 6.54 Å². The fourth-order valence-electron chi connectivity index (χ4n) is 1.34. The maximum atomic E-state index is 11.3. The van der Waals surface area contributed by atoms with Crippen molar-refractivity contribution in [3.05, 3.63) is 0 Å². The van der Waals surface area contributed by atoms with Gasteiger partial charge in [0.25, 0.3) is 0 Å². The van der Waals surface area contributed by atoms with Crippen LogP contribution in [-0.4, -0.2) is 24.5 Å². The number of nitrogens with one attached hydrogen (secondary N) is 1. The monoisotopic (exact) mass is 243 g/mol. The number of alkyl carbamates (subject to hydrolysis) is 1. The number of rotatable bonds is 7. The molecule has 0 spiro atoms. The van der Waals surface area contributed by atoms with Crippen LogP contribution in [0.15, 0.2) is 0 Å². The molecule has 0 aliphatic heterocycles. The molecule has 0 aliphatic carbocycles. The number of amides is 1. The highest BCUT2D eigenvalue weighted by Crippen LogP contribution is 2.08. The van der Waals surface area contributed by atoms with Gasteiger partial charge >= 0.3 is 6.09 Å². The minimum absolute atomic E-state index is 0.147. The molecule has 0 rings (SSSR count). The largest absolute Gasteiger partial charge is 0.444 e. The second kappa shape index (κ2) is 8.09. The third-order valence-electron chi connectivity index (χ3n) is 2.24. The molecule has 0 fully saturated rings. The van der Waals surface area contributed by atoms with E-state index in [-0.39, 0.29) is 12.0 Å². The minimum atomic E-state index is -0.441. The number of carbonyl (C=O) groups is 2. The highest BCUT2D eigenvalue weighted by Gasteiger charge is 2.15. The summed E-state index contributed by atoms with van der Waals surface area (Å²) in [4.78, 5) is 21.6. The van der Waals surface area contributed by atoms with Crippen molar-refractivity contribution in [2.45, 2.75) is 59.0 Å². The topological polar surface area (TPSA) is 55.4 Å². The van der Waals surface area contributed by atoms with Crippen LogP contribution in [0.2, 0.25) is 0 Å². The van der Waals surface area contributed by atoms with Crippen LogP contribution in [0.3, 0.4) is 0 Å². The lowest BCUT2D eigenvalue weighted by Crippen LogP contribution is -2.32. The van der Waals surface area contributed by atoms with Crippen molar-refractivity contribution in [1.29, 1.82) is 0 Å². The zero-order valence-corrected chi connectivity index (χ0v) is 11.4. The van der Waals surface area contributed by atoms with Crippen molar-refractivity contribution in [2.24, 2.45) is 5.92 Å². The Bertz CT molecular complexity index is 233. The zero-order valence-electron chi connectivity index (χ0n) is 11.4. The first-order chi connectivity index (χ1) is 7.85. The van der Waals surface area contributed by atoms with E-state index >= 15 is 0 Å². The Morgan fingerprint density at radius 2 is 1.94 bits per heavy atom. The summed E-state index contributed by atoms with van der Waals surface area (Å²) >= 11 is 0. The van der Waals surface area contributed by atoms with E-state index in [0.29, 0.717) is 6.54 Å². The van der Waals surface area contributed by atoms with E-state index in [9.17, 15) is 9.59 Å². The first-order valence-corrected chi connectivity index (χ1v) is 6.27. The Balaban J connectivity index is 3.40. The number of hydrogen-bond acceptors (Lipinski definition) is 3. The lowest BCUT2D eigenvalue weighted by molar-refractivity contribution is -0.110. The molecule has 1 amide bonds. The van der Waals surface area contributed by atoms with Gasteiger partial charge in [0.05, 0.1) is 0 Å². The molecule has 0 aromatic heterocycles. The highest BCUT2D eigenvalue weighted by atomic mass is 16.6. The molecule has 1 unspecified atom stereocenters. The standard InChI is InChI=1S/C13H25NO3/c1-11(10-15)8-6-5-7-9-14-12(16)17-13(2,3)4/h10-11H,5-9H2,1-4H3,(H,14,16). The molecule has 17 heavy (non-hydrogen) atoms. The molecule has 0 aliphatic rings. The molecule has 0 bridgehead atoms. The molecular weight excluding hydrogens is 218 g/mol. The molecule has 0 aromatic rings. The summed E-state index contributed by atoms with van der Waals surface area (Å²) in [5.74, 6) is 0.147. The Morgan fingerprint density at radius 1 is 1.29 bits per heavy atom. The Kier molecular flexibility index (Phi) is 7.59. The fraction of sp³-hybridized carbons (Fsp3) is 0.846. The smallest absolute Gasteiger partial charge is 0.407 e. The van der Waals surface area contributed by atoms with Crippen molar-refractivity contribution in [3.8, 4) is 0 Å². The zero-order chi connectivity index (χ0) is 13.3. The molecule has 100 valence electrons. The van der Waals surface area contributed by atoms with Crippen LogP contribution in [0, 0.1) is 5.92 Å². The van der Waals surface area contributed by atoms with Gasteiger partial charge in [0, 0.05) is 12.5 Å². The van der Waals surface area contributed by atoms with Gasteiger partial charge in [0.2, 0.25) is 0 Å². The minimum Gasteiger partial charge on any atom is -0.444 e. The molecule has 1 atom stereocenters. The maximum absolute atomic E-state index is 11.3. The summed E-state index contributed by atoms with van der Waals surface area (Å²) in [6.07, 6.45) is 4.52. The third-order valence-corrected chi connectivity index (χ3v) is 2.24. The van der Waals surface area contributed by atoms with Crippen LogP contribution < -0.4 is 5.32 Å². The lowest BCUT2D eigenvalue weighted by Gasteiger charge is -2.19. The first-order valence-electron chi connectivity index (χ1n) is 6.27. The van der Waals surface area contributed by atoms with Gasteiger partial charge in [-0.3, -0.25) is 0 Å². The van der Waals surface area contributed by atoms with Crippen LogP contribution >= 0.6 is 0 Å². The van der Waals surface area contributed by atoms with Crippen LogP contribution in [0.5, 0.6) is 0 Å². The molecule has 0 heterocycles. The summed E-state index contributed by atoms with van der Waals surface area (Å²) in [5.41, 5.74) is -0.441. The van der Waals surface area contributed by atoms with Gasteiger partial charge < -0.3 is 14.8 Å². The summed E-state index contributed by atoms with van der Waals surface area (Å²) in [5, 5.41) is 2.71. The van der Waals surface area contributed by atoms with Crippen LogP contribution in [0.25, 0.3) is 0 Å². The van der Waals surface area contributed by atoms with E-state index in [1.807, 2.05) is 27.7 Å².